The molecule has 0 aliphatic heterocycles. The maximum Gasteiger partial charge on any atom is 0.0640 e. The highest BCUT2D eigenvalue weighted by Gasteiger charge is 2.09. The summed E-state index contributed by atoms with van der Waals surface area (Å²) in [6, 6.07) is 8.44. The standard InChI is InChI=1S/C12H14Br2N2/c1-2-16(7-3-6-15)12-8-11(14)5-4-10(12)9-13/h4-5,8H,2-3,7,9H2,1H3. The molecule has 0 aliphatic rings. The minimum absolute atomic E-state index is 0.558. The molecule has 0 heterocycles. The van der Waals surface area contributed by atoms with E-state index >= 15 is 0 Å². The van der Waals surface area contributed by atoms with E-state index in [9.17, 15) is 0 Å². The van der Waals surface area contributed by atoms with E-state index in [1.807, 2.05) is 6.07 Å². The average molecular weight is 346 g/mol. The second-order valence-electron chi connectivity index (χ2n) is 3.39. The number of hydrogen-bond donors (Lipinski definition) is 0. The molecule has 1 aromatic carbocycles. The molecule has 0 aliphatic carbocycles. The van der Waals surface area contributed by atoms with Crippen LogP contribution in [0.15, 0.2) is 22.7 Å². The molecule has 1 aromatic rings. The third-order valence-electron chi connectivity index (χ3n) is 2.41. The molecule has 86 valence electrons. The quantitative estimate of drug-likeness (QED) is 0.751. The van der Waals surface area contributed by atoms with Crippen molar-refractivity contribution < 1.29 is 0 Å². The summed E-state index contributed by atoms with van der Waals surface area (Å²) in [6.45, 7) is 3.80. The lowest BCUT2D eigenvalue weighted by atomic mass is 10.1. The predicted octanol–water partition coefficient (Wildman–Crippen LogP) is 4.08. The number of nitrogens with zero attached hydrogens (tertiary/aromatic N) is 2. The largest absolute Gasteiger partial charge is 0.371 e. The minimum Gasteiger partial charge on any atom is -0.371 e. The molecule has 0 atom stereocenters. The van der Waals surface area contributed by atoms with Crippen LogP contribution in [0.3, 0.4) is 0 Å². The van der Waals surface area contributed by atoms with Crippen molar-refractivity contribution in [1.82, 2.24) is 0 Å². The van der Waals surface area contributed by atoms with Crippen molar-refractivity contribution in [3.8, 4) is 6.07 Å². The van der Waals surface area contributed by atoms with Gasteiger partial charge in [-0.2, -0.15) is 5.26 Å². The summed E-state index contributed by atoms with van der Waals surface area (Å²) in [5.74, 6) is 0. The lowest BCUT2D eigenvalue weighted by Crippen LogP contribution is -2.24. The fourth-order valence-corrected chi connectivity index (χ4v) is 2.40. The van der Waals surface area contributed by atoms with Gasteiger partial charge in [-0.15, -0.1) is 0 Å². The van der Waals surface area contributed by atoms with E-state index in [0.29, 0.717) is 6.42 Å². The molecule has 0 fully saturated rings. The summed E-state index contributed by atoms with van der Waals surface area (Å²) in [4.78, 5) is 2.23. The van der Waals surface area contributed by atoms with Crippen molar-refractivity contribution in [2.45, 2.75) is 18.7 Å². The van der Waals surface area contributed by atoms with Gasteiger partial charge in [0.15, 0.2) is 0 Å². The van der Waals surface area contributed by atoms with Gasteiger partial charge in [-0.25, -0.2) is 0 Å². The number of rotatable bonds is 5. The van der Waals surface area contributed by atoms with Crippen molar-refractivity contribution in [3.63, 3.8) is 0 Å². The summed E-state index contributed by atoms with van der Waals surface area (Å²) in [7, 11) is 0. The Hall–Kier alpha value is -0.530. The molecular weight excluding hydrogens is 332 g/mol. The third kappa shape index (κ3) is 3.50. The SMILES string of the molecule is CCN(CCC#N)c1cc(Br)ccc1CBr. The number of nitriles is 1. The van der Waals surface area contributed by atoms with Gasteiger partial charge in [0.2, 0.25) is 0 Å². The van der Waals surface area contributed by atoms with Crippen LogP contribution < -0.4 is 4.90 Å². The molecule has 0 spiro atoms. The topological polar surface area (TPSA) is 27.0 Å². The first kappa shape index (κ1) is 13.5. The van der Waals surface area contributed by atoms with Gasteiger partial charge < -0.3 is 4.90 Å². The number of hydrogen-bond acceptors (Lipinski definition) is 2. The van der Waals surface area contributed by atoms with E-state index in [4.69, 9.17) is 5.26 Å². The monoisotopic (exact) mass is 344 g/mol. The maximum absolute atomic E-state index is 8.64. The van der Waals surface area contributed by atoms with Gasteiger partial charge in [-0.05, 0) is 24.6 Å². The van der Waals surface area contributed by atoms with Gasteiger partial charge >= 0.3 is 0 Å². The van der Waals surface area contributed by atoms with Gasteiger partial charge in [0.25, 0.3) is 0 Å². The first-order chi connectivity index (χ1) is 7.72. The van der Waals surface area contributed by atoms with Crippen molar-refractivity contribution in [3.05, 3.63) is 28.2 Å². The van der Waals surface area contributed by atoms with Crippen molar-refractivity contribution >= 4 is 37.5 Å². The average Bonchev–Trinajstić information content (AvgIpc) is 2.30. The molecule has 0 bridgehead atoms. The molecule has 0 N–H and O–H groups in total. The summed E-state index contributed by atoms with van der Waals surface area (Å²) < 4.78 is 1.07. The highest BCUT2D eigenvalue weighted by molar-refractivity contribution is 9.10. The van der Waals surface area contributed by atoms with Gasteiger partial charge in [-0.3, -0.25) is 0 Å². The summed E-state index contributed by atoms with van der Waals surface area (Å²) in [5, 5.41) is 9.48. The Morgan fingerprint density at radius 2 is 2.19 bits per heavy atom. The highest BCUT2D eigenvalue weighted by atomic mass is 79.9. The molecule has 2 nitrogen and oxygen atoms in total. The number of benzene rings is 1. The fraction of sp³-hybridized carbons (Fsp3) is 0.417. The second-order valence-corrected chi connectivity index (χ2v) is 4.87. The van der Waals surface area contributed by atoms with Crippen molar-refractivity contribution in [1.29, 1.82) is 5.26 Å². The Bertz CT molecular complexity index is 385. The van der Waals surface area contributed by atoms with Gasteiger partial charge in [0.1, 0.15) is 0 Å². The molecule has 0 unspecified atom stereocenters. The van der Waals surface area contributed by atoms with Crippen LogP contribution in [-0.2, 0) is 5.33 Å². The Morgan fingerprint density at radius 1 is 1.44 bits per heavy atom. The maximum atomic E-state index is 8.64. The van der Waals surface area contributed by atoms with Crippen molar-refractivity contribution in [2.24, 2.45) is 0 Å². The van der Waals surface area contributed by atoms with Crippen LogP contribution in [0.4, 0.5) is 5.69 Å². The molecule has 0 radical (unpaired) electrons. The second kappa shape index (κ2) is 6.93. The Morgan fingerprint density at radius 3 is 2.75 bits per heavy atom. The van der Waals surface area contributed by atoms with Gasteiger partial charge in [0.05, 0.1) is 12.5 Å². The van der Waals surface area contributed by atoms with Gasteiger partial charge in [-0.1, -0.05) is 37.9 Å². The zero-order chi connectivity index (χ0) is 12.0. The Kier molecular flexibility index (Phi) is 5.86. The zero-order valence-electron chi connectivity index (χ0n) is 9.21. The minimum atomic E-state index is 0.558. The van der Waals surface area contributed by atoms with Crippen molar-refractivity contribution in [2.75, 3.05) is 18.0 Å². The summed E-state index contributed by atoms with van der Waals surface area (Å²) in [5.41, 5.74) is 2.45. The molecule has 0 saturated heterocycles. The first-order valence-electron chi connectivity index (χ1n) is 5.19. The van der Waals surface area contributed by atoms with Crippen LogP contribution in [0.2, 0.25) is 0 Å². The van der Waals surface area contributed by atoms with E-state index in [1.165, 1.54) is 11.3 Å². The van der Waals surface area contributed by atoms with Crippen LogP contribution in [0.5, 0.6) is 0 Å². The Balaban J connectivity index is 2.98. The van der Waals surface area contributed by atoms with Gasteiger partial charge in [0, 0.05) is 28.6 Å². The first-order valence-corrected chi connectivity index (χ1v) is 7.10. The van der Waals surface area contributed by atoms with E-state index in [1.54, 1.807) is 0 Å². The number of halogens is 2. The zero-order valence-corrected chi connectivity index (χ0v) is 12.4. The molecule has 0 amide bonds. The molecule has 16 heavy (non-hydrogen) atoms. The summed E-state index contributed by atoms with van der Waals surface area (Å²) >= 11 is 6.98. The van der Waals surface area contributed by atoms with E-state index < -0.39 is 0 Å². The van der Waals surface area contributed by atoms with Crippen LogP contribution in [0.25, 0.3) is 0 Å². The predicted molar refractivity (Wildman–Crippen MR) is 74.9 cm³/mol. The van der Waals surface area contributed by atoms with E-state index in [-0.39, 0.29) is 0 Å². The number of anilines is 1. The van der Waals surface area contributed by atoms with E-state index in [2.05, 4.69) is 61.9 Å². The molecule has 0 aromatic heterocycles. The lowest BCUT2D eigenvalue weighted by Gasteiger charge is -2.24. The third-order valence-corrected chi connectivity index (χ3v) is 3.50. The van der Waals surface area contributed by atoms with Crippen LogP contribution in [-0.4, -0.2) is 13.1 Å². The smallest absolute Gasteiger partial charge is 0.0640 e. The molecule has 0 saturated carbocycles. The number of alkyl halides is 1. The Labute approximate surface area is 114 Å². The van der Waals surface area contributed by atoms with E-state index in [0.717, 1.165) is 22.9 Å². The molecule has 4 heteroatoms. The molecule has 1 rings (SSSR count). The fourth-order valence-electron chi connectivity index (χ4n) is 1.58. The highest BCUT2D eigenvalue weighted by Crippen LogP contribution is 2.27. The van der Waals surface area contributed by atoms with Crippen LogP contribution >= 0.6 is 31.9 Å². The normalized spacial score (nSPS) is 9.88. The van der Waals surface area contributed by atoms with Crippen LogP contribution in [0.1, 0.15) is 18.9 Å². The molecular formula is C12H14Br2N2. The lowest BCUT2D eigenvalue weighted by molar-refractivity contribution is 0.823. The van der Waals surface area contributed by atoms with Crippen LogP contribution in [0, 0.1) is 11.3 Å². The summed E-state index contributed by atoms with van der Waals surface area (Å²) in [6.07, 6.45) is 0.558.